The number of hydrogen-bond donors (Lipinski definition) is 1. The highest BCUT2D eigenvalue weighted by Gasteiger charge is 2.47. The van der Waals surface area contributed by atoms with Crippen LogP contribution in [0.1, 0.15) is 78.0 Å². The monoisotopic (exact) mass is 445 g/mol. The Morgan fingerprint density at radius 1 is 1.33 bits per heavy atom. The van der Waals surface area contributed by atoms with Crippen LogP contribution in [-0.4, -0.2) is 13.7 Å². The van der Waals surface area contributed by atoms with Crippen LogP contribution < -0.4 is 5.32 Å². The molecule has 0 saturated heterocycles. The molecule has 1 aliphatic rings. The van der Waals surface area contributed by atoms with Gasteiger partial charge in [0, 0.05) is 17.3 Å². The third-order valence-electron chi connectivity index (χ3n) is 6.33. The average Bonchev–Trinajstić information content (AvgIpc) is 3.54. The van der Waals surface area contributed by atoms with Gasteiger partial charge in [-0.2, -0.15) is 5.26 Å². The molecule has 33 heavy (non-hydrogen) atoms. The number of rotatable bonds is 9. The predicted octanol–water partition coefficient (Wildman–Crippen LogP) is 6.58. The minimum Gasteiger partial charge on any atom is -0.363 e. The van der Waals surface area contributed by atoms with Crippen LogP contribution in [0.2, 0.25) is 0 Å². The second-order valence-corrected chi connectivity index (χ2v) is 9.68. The molecule has 1 unspecified atom stereocenters. The van der Waals surface area contributed by atoms with E-state index in [4.69, 9.17) is 4.99 Å². The summed E-state index contributed by atoms with van der Waals surface area (Å²) in [5.74, 6) is 0.686. The maximum Gasteiger partial charge on any atom is 0.156 e. The van der Waals surface area contributed by atoms with Gasteiger partial charge in [0.1, 0.15) is 5.84 Å². The molecule has 1 fully saturated rings. The van der Waals surface area contributed by atoms with Crippen LogP contribution in [0.4, 0.5) is 4.39 Å². The largest absolute Gasteiger partial charge is 0.363 e. The summed E-state index contributed by atoms with van der Waals surface area (Å²) < 4.78 is 14.9. The lowest BCUT2D eigenvalue weighted by Gasteiger charge is -2.24. The molecule has 3 nitrogen and oxygen atoms in total. The summed E-state index contributed by atoms with van der Waals surface area (Å²) in [5.41, 5.74) is 4.34. The number of nitrogens with one attached hydrogen (secondary N) is 1. The van der Waals surface area contributed by atoms with E-state index in [0.29, 0.717) is 23.5 Å². The van der Waals surface area contributed by atoms with Crippen LogP contribution in [0.3, 0.4) is 0 Å². The Labute approximate surface area is 200 Å². The van der Waals surface area contributed by atoms with Crippen LogP contribution in [0.25, 0.3) is 0 Å². The standard InChI is InChI=1S/C28H37BFN3/c1-9-28(29,30)23-12-10-11-22(15-23)21(8)33-26(32-20(6)7)24(18(2)3)16-25(19(4)5)27(17-31)13-14-27/h10-12,15-16,21H,4,6,9,13-14,29H2,1-3,5,7-8H3,(H,32,33)/b25-16+/t21-,28?/m1/s1. The number of nitrogens with zero attached hydrogens (tertiary/aromatic N) is 2. The van der Waals surface area contributed by atoms with E-state index < -0.39 is 11.0 Å². The summed E-state index contributed by atoms with van der Waals surface area (Å²) in [6, 6.07) is 10.0. The van der Waals surface area contributed by atoms with Crippen LogP contribution >= 0.6 is 0 Å². The number of halogens is 1. The molecular formula is C28H37BFN3. The Kier molecular flexibility index (Phi) is 8.30. The van der Waals surface area contributed by atoms with Crippen molar-refractivity contribution < 1.29 is 4.39 Å². The van der Waals surface area contributed by atoms with Gasteiger partial charge in [-0.3, -0.25) is 0 Å². The first kappa shape index (κ1) is 26.4. The van der Waals surface area contributed by atoms with E-state index in [-0.39, 0.29) is 6.04 Å². The van der Waals surface area contributed by atoms with E-state index in [1.54, 1.807) is 7.85 Å². The highest BCUT2D eigenvalue weighted by molar-refractivity contribution is 6.14. The quantitative estimate of drug-likeness (QED) is 0.202. The molecule has 0 heterocycles. The van der Waals surface area contributed by atoms with E-state index >= 15 is 0 Å². The lowest BCUT2D eigenvalue weighted by molar-refractivity contribution is 0.274. The van der Waals surface area contributed by atoms with Gasteiger partial charge in [-0.25, -0.2) is 9.38 Å². The van der Waals surface area contributed by atoms with Gasteiger partial charge in [-0.05, 0) is 76.7 Å². The normalized spacial score (nSPS) is 17.9. The van der Waals surface area contributed by atoms with Gasteiger partial charge in [-0.1, -0.05) is 55.5 Å². The Morgan fingerprint density at radius 3 is 2.42 bits per heavy atom. The molecule has 2 rings (SSSR count). The van der Waals surface area contributed by atoms with Gasteiger partial charge >= 0.3 is 0 Å². The van der Waals surface area contributed by atoms with Crippen molar-refractivity contribution in [2.24, 2.45) is 10.4 Å². The minimum atomic E-state index is -1.37. The van der Waals surface area contributed by atoms with Crippen LogP contribution in [0, 0.1) is 16.7 Å². The van der Waals surface area contributed by atoms with Crippen LogP contribution in [0.5, 0.6) is 0 Å². The van der Waals surface area contributed by atoms with Gasteiger partial charge < -0.3 is 5.32 Å². The Bertz CT molecular complexity index is 1060. The molecule has 5 heteroatoms. The molecule has 0 aromatic heterocycles. The van der Waals surface area contributed by atoms with Crippen molar-refractivity contribution in [1.29, 1.82) is 5.26 Å². The number of aliphatic imine (C=N–C) groups is 1. The summed E-state index contributed by atoms with van der Waals surface area (Å²) in [6.07, 6.45) is 4.17. The Hall–Kier alpha value is -2.87. The molecule has 1 aliphatic carbocycles. The third-order valence-corrected chi connectivity index (χ3v) is 6.33. The first-order chi connectivity index (χ1) is 15.4. The van der Waals surface area contributed by atoms with Crippen molar-refractivity contribution in [2.75, 3.05) is 0 Å². The summed E-state index contributed by atoms with van der Waals surface area (Å²) in [7, 11) is 1.62. The van der Waals surface area contributed by atoms with E-state index in [2.05, 4.69) is 30.6 Å². The summed E-state index contributed by atoms with van der Waals surface area (Å²) in [6.45, 7) is 19.9. The lowest BCUT2D eigenvalue weighted by atomic mass is 9.75. The number of alkyl halides is 1. The molecule has 1 saturated carbocycles. The smallest absolute Gasteiger partial charge is 0.156 e. The second kappa shape index (κ2) is 10.4. The molecule has 0 aliphatic heterocycles. The number of allylic oxidation sites excluding steroid dienone is 4. The third kappa shape index (κ3) is 6.35. The summed E-state index contributed by atoms with van der Waals surface area (Å²) >= 11 is 0. The van der Waals surface area contributed by atoms with Gasteiger partial charge in [0.15, 0.2) is 7.85 Å². The van der Waals surface area contributed by atoms with Crippen LogP contribution in [0.15, 0.2) is 76.5 Å². The van der Waals surface area contributed by atoms with E-state index in [1.807, 2.05) is 65.8 Å². The molecule has 1 N–H and O–H groups in total. The molecule has 0 radical (unpaired) electrons. The van der Waals surface area contributed by atoms with Gasteiger partial charge in [0.2, 0.25) is 0 Å². The highest BCUT2D eigenvalue weighted by Crippen LogP contribution is 2.53. The molecular weight excluding hydrogens is 408 g/mol. The van der Waals surface area contributed by atoms with Crippen molar-refractivity contribution >= 4 is 13.7 Å². The van der Waals surface area contributed by atoms with E-state index in [0.717, 1.165) is 40.7 Å². The fourth-order valence-corrected chi connectivity index (χ4v) is 3.82. The lowest BCUT2D eigenvalue weighted by Crippen LogP contribution is -2.29. The van der Waals surface area contributed by atoms with E-state index in [1.165, 1.54) is 0 Å². The second-order valence-electron chi connectivity index (χ2n) is 9.68. The summed E-state index contributed by atoms with van der Waals surface area (Å²) in [4.78, 5) is 4.71. The van der Waals surface area contributed by atoms with Gasteiger partial charge in [0.05, 0.1) is 17.1 Å². The van der Waals surface area contributed by atoms with Crippen molar-refractivity contribution in [3.63, 3.8) is 0 Å². The van der Waals surface area contributed by atoms with Crippen LogP contribution in [-0.2, 0) is 5.57 Å². The Morgan fingerprint density at radius 2 is 1.97 bits per heavy atom. The fourth-order valence-electron chi connectivity index (χ4n) is 3.82. The topological polar surface area (TPSA) is 48.2 Å². The number of benzene rings is 1. The first-order valence-electron chi connectivity index (χ1n) is 11.6. The SMILES string of the molecule is BC(F)(CC)c1cccc([C@@H](C)N/C(=N/C(=C)C)C(/C=C(\C(=C)C)C2(C#N)CC2)=C(C)C)c1. The van der Waals surface area contributed by atoms with E-state index in [9.17, 15) is 9.65 Å². The van der Waals surface area contributed by atoms with Crippen molar-refractivity contribution in [3.8, 4) is 6.07 Å². The number of hydrogen-bond acceptors (Lipinski definition) is 2. The Balaban J connectivity index is 2.50. The zero-order chi connectivity index (χ0) is 25.0. The average molecular weight is 445 g/mol. The molecule has 0 amide bonds. The first-order valence-corrected chi connectivity index (χ1v) is 11.6. The fraction of sp³-hybridized carbons (Fsp3) is 0.429. The molecule has 0 bridgehead atoms. The molecule has 1 aromatic rings. The maximum absolute atomic E-state index is 14.9. The van der Waals surface area contributed by atoms with Crippen molar-refractivity contribution in [3.05, 3.63) is 82.6 Å². The van der Waals surface area contributed by atoms with Crippen molar-refractivity contribution in [2.45, 2.75) is 72.4 Å². The van der Waals surface area contributed by atoms with Gasteiger partial charge in [-0.15, -0.1) is 0 Å². The number of amidine groups is 1. The minimum absolute atomic E-state index is 0.113. The van der Waals surface area contributed by atoms with Crippen molar-refractivity contribution in [1.82, 2.24) is 5.32 Å². The molecule has 2 atom stereocenters. The zero-order valence-corrected chi connectivity index (χ0v) is 21.3. The maximum atomic E-state index is 14.9. The molecule has 1 aromatic carbocycles. The summed E-state index contributed by atoms with van der Waals surface area (Å²) in [5, 5.41) is 13.3. The van der Waals surface area contributed by atoms with Gasteiger partial charge in [0.25, 0.3) is 0 Å². The zero-order valence-electron chi connectivity index (χ0n) is 21.3. The highest BCUT2D eigenvalue weighted by atomic mass is 19.1. The molecule has 174 valence electrons. The molecule has 0 spiro atoms. The predicted molar refractivity (Wildman–Crippen MR) is 140 cm³/mol. The number of nitriles is 1.